The molecule has 9 heteroatoms. The van der Waals surface area contributed by atoms with Crippen molar-refractivity contribution in [2.24, 2.45) is 11.8 Å². The fourth-order valence-corrected chi connectivity index (χ4v) is 4.11. The molecule has 0 unspecified atom stereocenters. The van der Waals surface area contributed by atoms with Crippen LogP contribution in [0.15, 0.2) is 24.3 Å². The Morgan fingerprint density at radius 2 is 1.90 bits per heavy atom. The first-order valence-electron chi connectivity index (χ1n) is 11.2. The van der Waals surface area contributed by atoms with Crippen LogP contribution < -0.4 is 4.72 Å². The Morgan fingerprint density at radius 3 is 2.58 bits per heavy atom. The molecule has 0 saturated heterocycles. The molecular formula is C22H39NO7S. The van der Waals surface area contributed by atoms with E-state index in [-0.39, 0.29) is 18.4 Å². The highest BCUT2D eigenvalue weighted by Crippen LogP contribution is 2.36. The zero-order chi connectivity index (χ0) is 23.3. The van der Waals surface area contributed by atoms with Gasteiger partial charge in [-0.1, -0.05) is 50.5 Å². The highest BCUT2D eigenvalue weighted by Gasteiger charge is 2.39. The molecule has 0 bridgehead atoms. The number of sulfonamides is 1. The number of aliphatic hydroxyl groups excluding tert-OH is 3. The fraction of sp³-hybridized carbons (Fsp3) is 0.773. The molecular weight excluding hydrogens is 422 g/mol. The summed E-state index contributed by atoms with van der Waals surface area (Å²) in [7, 11) is -3.61. The molecule has 0 radical (unpaired) electrons. The van der Waals surface area contributed by atoms with E-state index in [1.165, 1.54) is 0 Å². The van der Waals surface area contributed by atoms with Crippen molar-refractivity contribution in [2.75, 3.05) is 12.9 Å². The number of ether oxygens (including phenoxy) is 1. The molecule has 1 saturated carbocycles. The third kappa shape index (κ3) is 12.3. The van der Waals surface area contributed by atoms with Crippen LogP contribution >= 0.6 is 0 Å². The van der Waals surface area contributed by atoms with Gasteiger partial charge in [-0.25, -0.2) is 17.9 Å². The van der Waals surface area contributed by atoms with Crippen LogP contribution in [-0.4, -0.2) is 61.0 Å². The summed E-state index contributed by atoms with van der Waals surface area (Å²) in [5.74, 6) is -0.268. The van der Waals surface area contributed by atoms with Crippen molar-refractivity contribution < 1.29 is 33.3 Å². The first-order chi connectivity index (χ1) is 14.6. The Labute approximate surface area is 186 Å². The van der Waals surface area contributed by atoms with E-state index >= 15 is 0 Å². The van der Waals surface area contributed by atoms with Crippen molar-refractivity contribution in [3.8, 4) is 0 Å². The second-order valence-corrected chi connectivity index (χ2v) is 10.0. The average molecular weight is 462 g/mol. The Balaban J connectivity index is 2.32. The van der Waals surface area contributed by atoms with Crippen LogP contribution in [0, 0.1) is 11.8 Å². The molecule has 1 aliphatic rings. The molecule has 8 nitrogen and oxygen atoms in total. The predicted octanol–water partition coefficient (Wildman–Crippen LogP) is 2.64. The Bertz CT molecular complexity index is 677. The highest BCUT2D eigenvalue weighted by atomic mass is 32.2. The number of carbonyl (C=O) groups is 1. The van der Waals surface area contributed by atoms with Gasteiger partial charge >= 0.3 is 6.09 Å². The van der Waals surface area contributed by atoms with Gasteiger partial charge < -0.3 is 20.1 Å². The summed E-state index contributed by atoms with van der Waals surface area (Å²) in [6, 6.07) is 0. The molecule has 4 N–H and O–H groups in total. The van der Waals surface area contributed by atoms with E-state index < -0.39 is 34.4 Å². The molecule has 180 valence electrons. The van der Waals surface area contributed by atoms with Gasteiger partial charge in [0.1, 0.15) is 0 Å². The van der Waals surface area contributed by atoms with Gasteiger partial charge in [0.25, 0.3) is 0 Å². The molecule has 0 spiro atoms. The summed E-state index contributed by atoms with van der Waals surface area (Å²) >= 11 is 0. The summed E-state index contributed by atoms with van der Waals surface area (Å²) in [6.07, 6.45) is 12.8. The van der Waals surface area contributed by atoms with Gasteiger partial charge in [-0.15, -0.1) is 0 Å². The maximum atomic E-state index is 11.2. The van der Waals surface area contributed by atoms with Crippen molar-refractivity contribution in [3.63, 3.8) is 0 Å². The summed E-state index contributed by atoms with van der Waals surface area (Å²) in [5, 5.41) is 30.6. The van der Waals surface area contributed by atoms with Crippen LogP contribution in [0.3, 0.4) is 0 Å². The summed E-state index contributed by atoms with van der Waals surface area (Å²) in [5.41, 5.74) is 0. The van der Waals surface area contributed by atoms with E-state index in [2.05, 4.69) is 6.92 Å². The fourth-order valence-electron chi connectivity index (χ4n) is 3.74. The molecule has 0 aliphatic heterocycles. The quantitative estimate of drug-likeness (QED) is 0.231. The third-order valence-electron chi connectivity index (χ3n) is 5.42. The minimum Gasteiger partial charge on any atom is -0.449 e. The van der Waals surface area contributed by atoms with Crippen LogP contribution in [0.4, 0.5) is 4.79 Å². The number of hydrogen-bond donors (Lipinski definition) is 4. The average Bonchev–Trinajstić information content (AvgIpc) is 2.93. The lowest BCUT2D eigenvalue weighted by atomic mass is 9.89. The lowest BCUT2D eigenvalue weighted by molar-refractivity contribution is 0.120. The minimum atomic E-state index is -3.61. The number of unbranched alkanes of at least 4 members (excludes halogenated alkanes) is 4. The molecule has 5 atom stereocenters. The van der Waals surface area contributed by atoms with Gasteiger partial charge in [-0.2, -0.15) is 0 Å². The van der Waals surface area contributed by atoms with Crippen LogP contribution in [0.2, 0.25) is 0 Å². The van der Waals surface area contributed by atoms with Crippen LogP contribution in [-0.2, 0) is 14.8 Å². The molecule has 1 fully saturated rings. The van der Waals surface area contributed by atoms with E-state index in [4.69, 9.17) is 4.74 Å². The molecule has 1 amide bonds. The zero-order valence-corrected chi connectivity index (χ0v) is 19.5. The van der Waals surface area contributed by atoms with E-state index in [1.54, 1.807) is 10.8 Å². The Hall–Kier alpha value is -1.42. The van der Waals surface area contributed by atoms with Crippen molar-refractivity contribution in [3.05, 3.63) is 24.3 Å². The van der Waals surface area contributed by atoms with E-state index in [0.717, 1.165) is 38.4 Å². The van der Waals surface area contributed by atoms with Crippen LogP contribution in [0.25, 0.3) is 0 Å². The molecule has 1 rings (SSSR count). The number of carbonyl (C=O) groups excluding carboxylic acids is 1. The molecule has 0 heterocycles. The predicted molar refractivity (Wildman–Crippen MR) is 120 cm³/mol. The zero-order valence-electron chi connectivity index (χ0n) is 18.7. The summed E-state index contributed by atoms with van der Waals surface area (Å²) in [6.45, 7) is 2.25. The summed E-state index contributed by atoms with van der Waals surface area (Å²) < 4.78 is 28.3. The van der Waals surface area contributed by atoms with Crippen molar-refractivity contribution >= 4 is 16.1 Å². The number of amides is 1. The second-order valence-electron chi connectivity index (χ2n) is 8.27. The molecule has 1 aliphatic carbocycles. The highest BCUT2D eigenvalue weighted by molar-refractivity contribution is 7.89. The lowest BCUT2D eigenvalue weighted by Gasteiger charge is -2.19. The van der Waals surface area contributed by atoms with Gasteiger partial charge in [0.2, 0.25) is 10.0 Å². The van der Waals surface area contributed by atoms with Crippen molar-refractivity contribution in [2.45, 2.75) is 83.0 Å². The SMILES string of the molecule is CCCCC[C@H](O)/C=C/[C@@H]1[C@@H](C/C=C\CCCCOC(=O)NS(C)(=O)=O)[C@@H](O)C[C@H]1O. The molecule has 0 aromatic rings. The number of nitrogens with one attached hydrogen (secondary N) is 1. The Morgan fingerprint density at radius 1 is 1.16 bits per heavy atom. The molecule has 31 heavy (non-hydrogen) atoms. The van der Waals surface area contributed by atoms with E-state index in [1.807, 2.05) is 18.2 Å². The standard InChI is InChI=1S/C22H39NO7S/c1-3-4-8-11-17(24)13-14-19-18(20(25)16-21(19)26)12-9-6-5-7-10-15-30-22(27)23-31(2,28)29/h6,9,13-14,17-21,24-26H,3-5,7-8,10-12,15-16H2,1-2H3,(H,23,27)/b9-6-,14-13+/t17-,18+,19+,20-,21+/m0/s1. The largest absolute Gasteiger partial charge is 0.449 e. The van der Waals surface area contributed by atoms with Gasteiger partial charge in [0.05, 0.1) is 31.2 Å². The van der Waals surface area contributed by atoms with E-state index in [9.17, 15) is 28.5 Å². The van der Waals surface area contributed by atoms with Crippen molar-refractivity contribution in [1.82, 2.24) is 4.72 Å². The third-order valence-corrected chi connectivity index (χ3v) is 5.95. The minimum absolute atomic E-state index is 0.0895. The maximum absolute atomic E-state index is 11.2. The summed E-state index contributed by atoms with van der Waals surface area (Å²) in [4.78, 5) is 11.2. The molecule has 0 aromatic carbocycles. The lowest BCUT2D eigenvalue weighted by Crippen LogP contribution is -2.30. The van der Waals surface area contributed by atoms with Gasteiger partial charge in [0.15, 0.2) is 0 Å². The number of hydrogen-bond acceptors (Lipinski definition) is 7. The smallest absolute Gasteiger partial charge is 0.420 e. The topological polar surface area (TPSA) is 133 Å². The van der Waals surface area contributed by atoms with E-state index in [0.29, 0.717) is 25.7 Å². The number of allylic oxidation sites excluding steroid dienone is 2. The van der Waals surface area contributed by atoms with Gasteiger partial charge in [-0.05, 0) is 38.0 Å². The molecule has 0 aromatic heterocycles. The van der Waals surface area contributed by atoms with Crippen LogP contribution in [0.1, 0.15) is 64.7 Å². The second kappa shape index (κ2) is 14.6. The van der Waals surface area contributed by atoms with Gasteiger partial charge in [-0.3, -0.25) is 0 Å². The monoisotopic (exact) mass is 461 g/mol. The maximum Gasteiger partial charge on any atom is 0.420 e. The first-order valence-corrected chi connectivity index (χ1v) is 13.0. The normalized spacial score (nSPS) is 25.3. The number of aliphatic hydroxyl groups is 3. The van der Waals surface area contributed by atoms with Crippen molar-refractivity contribution in [1.29, 1.82) is 0 Å². The first kappa shape index (κ1) is 27.6. The Kier molecular flexibility index (Phi) is 13.0. The number of rotatable bonds is 14. The van der Waals surface area contributed by atoms with Crippen LogP contribution in [0.5, 0.6) is 0 Å². The van der Waals surface area contributed by atoms with Gasteiger partial charge in [0, 0.05) is 12.3 Å².